The van der Waals surface area contributed by atoms with Crippen LogP contribution in [0.2, 0.25) is 0 Å². The summed E-state index contributed by atoms with van der Waals surface area (Å²) in [7, 11) is 0. The van der Waals surface area contributed by atoms with Crippen LogP contribution in [-0.4, -0.2) is 38.3 Å². The average Bonchev–Trinajstić information content (AvgIpc) is 2.76. The number of rotatable bonds is 5. The summed E-state index contributed by atoms with van der Waals surface area (Å²) in [5.74, 6) is 1.71. The molecular weight excluding hydrogens is 228 g/mol. The molecule has 2 aliphatic rings. The van der Waals surface area contributed by atoms with Gasteiger partial charge in [-0.05, 0) is 37.6 Å². The van der Waals surface area contributed by atoms with Crippen LogP contribution in [0.15, 0.2) is 0 Å². The first-order valence-electron chi connectivity index (χ1n) is 7.33. The van der Waals surface area contributed by atoms with Crippen LogP contribution in [0.1, 0.15) is 39.0 Å². The highest BCUT2D eigenvalue weighted by atomic mass is 16.5. The average molecular weight is 254 g/mol. The quantitative estimate of drug-likeness (QED) is 0.777. The molecule has 104 valence electrons. The summed E-state index contributed by atoms with van der Waals surface area (Å²) in [6, 6.07) is 0.318. The number of amides is 1. The summed E-state index contributed by atoms with van der Waals surface area (Å²) >= 11 is 0. The lowest BCUT2D eigenvalue weighted by Gasteiger charge is -2.23. The van der Waals surface area contributed by atoms with Crippen LogP contribution in [0.4, 0.5) is 0 Å². The van der Waals surface area contributed by atoms with Crippen LogP contribution >= 0.6 is 0 Å². The van der Waals surface area contributed by atoms with Crippen LogP contribution in [0.3, 0.4) is 0 Å². The minimum absolute atomic E-state index is 0.132. The van der Waals surface area contributed by atoms with E-state index in [1.165, 1.54) is 19.3 Å². The van der Waals surface area contributed by atoms with E-state index >= 15 is 0 Å². The van der Waals surface area contributed by atoms with Crippen molar-refractivity contribution in [2.24, 2.45) is 11.8 Å². The summed E-state index contributed by atoms with van der Waals surface area (Å²) < 4.78 is 5.27. The number of carbonyl (C=O) groups excluding carboxylic acids is 1. The highest BCUT2D eigenvalue weighted by Gasteiger charge is 2.23. The number of hydrogen-bond donors (Lipinski definition) is 2. The maximum absolute atomic E-state index is 11.8. The van der Waals surface area contributed by atoms with E-state index in [-0.39, 0.29) is 5.91 Å². The Bertz CT molecular complexity index is 265. The van der Waals surface area contributed by atoms with Gasteiger partial charge in [-0.2, -0.15) is 0 Å². The Hall–Kier alpha value is -0.610. The van der Waals surface area contributed by atoms with Crippen molar-refractivity contribution in [1.29, 1.82) is 0 Å². The molecule has 18 heavy (non-hydrogen) atoms. The minimum Gasteiger partial charge on any atom is -0.381 e. The molecule has 1 amide bonds. The molecule has 0 aromatic carbocycles. The standard InChI is InChI=1S/C14H26N2O2/c1-11-3-2-4-12(11)9-15-10-14(17)16-13-5-7-18-8-6-13/h11-13,15H,2-10H2,1H3,(H,16,17). The molecule has 0 bridgehead atoms. The van der Waals surface area contributed by atoms with Crippen molar-refractivity contribution < 1.29 is 9.53 Å². The molecule has 4 nitrogen and oxygen atoms in total. The van der Waals surface area contributed by atoms with E-state index in [1.807, 2.05) is 0 Å². The molecule has 1 saturated heterocycles. The zero-order valence-corrected chi connectivity index (χ0v) is 11.4. The van der Waals surface area contributed by atoms with Crippen molar-refractivity contribution in [2.75, 3.05) is 26.3 Å². The topological polar surface area (TPSA) is 50.4 Å². The van der Waals surface area contributed by atoms with Gasteiger partial charge in [0.05, 0.1) is 6.54 Å². The van der Waals surface area contributed by atoms with Crippen LogP contribution in [0, 0.1) is 11.8 Å². The summed E-state index contributed by atoms with van der Waals surface area (Å²) in [6.07, 6.45) is 5.91. The molecule has 0 aromatic rings. The minimum atomic E-state index is 0.132. The van der Waals surface area contributed by atoms with Crippen molar-refractivity contribution in [1.82, 2.24) is 10.6 Å². The summed E-state index contributed by atoms with van der Waals surface area (Å²) in [5.41, 5.74) is 0. The predicted molar refractivity (Wildman–Crippen MR) is 71.4 cm³/mol. The van der Waals surface area contributed by atoms with Crippen LogP contribution in [0.5, 0.6) is 0 Å². The fraction of sp³-hybridized carbons (Fsp3) is 0.929. The third-order valence-electron chi connectivity index (χ3n) is 4.32. The molecule has 1 saturated carbocycles. The highest BCUT2D eigenvalue weighted by molar-refractivity contribution is 5.78. The maximum atomic E-state index is 11.8. The Morgan fingerprint density at radius 2 is 2.00 bits per heavy atom. The van der Waals surface area contributed by atoms with Gasteiger partial charge in [0.25, 0.3) is 0 Å². The molecular formula is C14H26N2O2. The van der Waals surface area contributed by atoms with E-state index in [1.54, 1.807) is 0 Å². The third kappa shape index (κ3) is 4.25. The summed E-state index contributed by atoms with van der Waals surface area (Å²) in [5, 5.41) is 6.38. The molecule has 1 aliphatic heterocycles. The van der Waals surface area contributed by atoms with Crippen molar-refractivity contribution in [3.05, 3.63) is 0 Å². The second kappa shape index (κ2) is 7.10. The van der Waals surface area contributed by atoms with Gasteiger partial charge in [0.1, 0.15) is 0 Å². The van der Waals surface area contributed by atoms with Crippen molar-refractivity contribution in [3.8, 4) is 0 Å². The molecule has 4 heteroatoms. The second-order valence-corrected chi connectivity index (χ2v) is 5.75. The van der Waals surface area contributed by atoms with Crippen LogP contribution in [-0.2, 0) is 9.53 Å². The zero-order chi connectivity index (χ0) is 12.8. The first-order chi connectivity index (χ1) is 8.75. The van der Waals surface area contributed by atoms with Crippen LogP contribution < -0.4 is 10.6 Å². The van der Waals surface area contributed by atoms with E-state index in [4.69, 9.17) is 4.74 Å². The lowest BCUT2D eigenvalue weighted by atomic mass is 9.98. The smallest absolute Gasteiger partial charge is 0.234 e. The number of ether oxygens (including phenoxy) is 1. The molecule has 2 N–H and O–H groups in total. The third-order valence-corrected chi connectivity index (χ3v) is 4.32. The largest absolute Gasteiger partial charge is 0.381 e. The van der Waals surface area contributed by atoms with Gasteiger partial charge in [0, 0.05) is 19.3 Å². The van der Waals surface area contributed by atoms with E-state index < -0.39 is 0 Å². The van der Waals surface area contributed by atoms with Gasteiger partial charge < -0.3 is 15.4 Å². The van der Waals surface area contributed by atoms with E-state index in [0.717, 1.165) is 44.4 Å². The van der Waals surface area contributed by atoms with E-state index in [9.17, 15) is 4.79 Å². The molecule has 0 aromatic heterocycles. The number of carbonyl (C=O) groups is 1. The monoisotopic (exact) mass is 254 g/mol. The lowest BCUT2D eigenvalue weighted by molar-refractivity contribution is -0.121. The normalized spacial score (nSPS) is 29.4. The highest BCUT2D eigenvalue weighted by Crippen LogP contribution is 2.30. The first kappa shape index (κ1) is 13.8. The SMILES string of the molecule is CC1CCCC1CNCC(=O)NC1CCOCC1. The molecule has 2 atom stereocenters. The van der Waals surface area contributed by atoms with E-state index in [2.05, 4.69) is 17.6 Å². The molecule has 2 rings (SSSR count). The Kier molecular flexibility index (Phi) is 5.45. The predicted octanol–water partition coefficient (Wildman–Crippen LogP) is 1.31. The van der Waals surface area contributed by atoms with Gasteiger partial charge >= 0.3 is 0 Å². The first-order valence-corrected chi connectivity index (χ1v) is 7.33. The summed E-state index contributed by atoms with van der Waals surface area (Å²) in [6.45, 7) is 5.32. The van der Waals surface area contributed by atoms with Gasteiger partial charge in [-0.3, -0.25) is 4.79 Å². The van der Waals surface area contributed by atoms with Crippen molar-refractivity contribution in [3.63, 3.8) is 0 Å². The van der Waals surface area contributed by atoms with Gasteiger partial charge in [-0.25, -0.2) is 0 Å². The maximum Gasteiger partial charge on any atom is 0.234 e. The van der Waals surface area contributed by atoms with Crippen LogP contribution in [0.25, 0.3) is 0 Å². The number of hydrogen-bond acceptors (Lipinski definition) is 3. The number of nitrogens with one attached hydrogen (secondary N) is 2. The van der Waals surface area contributed by atoms with Crippen molar-refractivity contribution >= 4 is 5.91 Å². The van der Waals surface area contributed by atoms with Gasteiger partial charge in [0.15, 0.2) is 0 Å². The fourth-order valence-corrected chi connectivity index (χ4v) is 3.02. The van der Waals surface area contributed by atoms with Crippen molar-refractivity contribution in [2.45, 2.75) is 45.1 Å². The Balaban J connectivity index is 1.56. The second-order valence-electron chi connectivity index (χ2n) is 5.75. The Labute approximate surface area is 110 Å². The Morgan fingerprint density at radius 1 is 1.22 bits per heavy atom. The molecule has 2 unspecified atom stereocenters. The van der Waals surface area contributed by atoms with Gasteiger partial charge in [-0.1, -0.05) is 19.8 Å². The molecule has 2 fully saturated rings. The fourth-order valence-electron chi connectivity index (χ4n) is 3.02. The summed E-state index contributed by atoms with van der Waals surface area (Å²) in [4.78, 5) is 11.8. The molecule has 1 aliphatic carbocycles. The Morgan fingerprint density at radius 3 is 2.67 bits per heavy atom. The molecule has 0 spiro atoms. The van der Waals surface area contributed by atoms with Gasteiger partial charge in [-0.15, -0.1) is 0 Å². The lowest BCUT2D eigenvalue weighted by Crippen LogP contribution is -2.43. The molecule has 0 radical (unpaired) electrons. The van der Waals surface area contributed by atoms with Gasteiger partial charge in [0.2, 0.25) is 5.91 Å². The molecule has 1 heterocycles. The zero-order valence-electron chi connectivity index (χ0n) is 11.4. The van der Waals surface area contributed by atoms with E-state index in [0.29, 0.717) is 12.6 Å².